The van der Waals surface area contributed by atoms with Crippen molar-refractivity contribution in [2.75, 3.05) is 17.2 Å². The summed E-state index contributed by atoms with van der Waals surface area (Å²) in [6, 6.07) is 15.1. The molecule has 0 saturated heterocycles. The molecular formula is C19H19N3O2S. The van der Waals surface area contributed by atoms with E-state index in [1.165, 1.54) is 11.3 Å². The lowest BCUT2D eigenvalue weighted by Crippen LogP contribution is -2.19. The molecule has 128 valence electrons. The molecule has 2 N–H and O–H groups in total. The fourth-order valence-corrected chi connectivity index (χ4v) is 3.05. The van der Waals surface area contributed by atoms with Gasteiger partial charge in [0.1, 0.15) is 5.75 Å². The first-order chi connectivity index (χ1) is 12.1. The van der Waals surface area contributed by atoms with Crippen molar-refractivity contribution < 1.29 is 9.53 Å². The van der Waals surface area contributed by atoms with Crippen LogP contribution >= 0.6 is 11.3 Å². The lowest BCUT2D eigenvalue weighted by molar-refractivity contribution is 0.262. The van der Waals surface area contributed by atoms with Crippen LogP contribution in [0.2, 0.25) is 0 Å². The van der Waals surface area contributed by atoms with E-state index in [9.17, 15) is 4.79 Å². The number of nitrogens with one attached hydrogen (secondary N) is 2. The van der Waals surface area contributed by atoms with E-state index in [-0.39, 0.29) is 6.03 Å². The minimum atomic E-state index is -0.307. The van der Waals surface area contributed by atoms with E-state index in [2.05, 4.69) is 15.6 Å². The fourth-order valence-electron chi connectivity index (χ4n) is 2.33. The normalized spacial score (nSPS) is 10.3. The Kier molecular flexibility index (Phi) is 5.30. The van der Waals surface area contributed by atoms with E-state index in [1.807, 2.05) is 67.8 Å². The molecule has 2 amide bonds. The standard InChI is InChI=1S/C19H19N3O2S/c1-3-24-16-9-7-14(8-10-16)17-12-25-19(21-17)22-18(23)20-15-6-4-5-13(2)11-15/h4-12H,3H2,1-2H3,(H2,20,21,22,23). The topological polar surface area (TPSA) is 63.2 Å². The van der Waals surface area contributed by atoms with Gasteiger partial charge in [-0.2, -0.15) is 0 Å². The van der Waals surface area contributed by atoms with Crippen molar-refractivity contribution in [2.45, 2.75) is 13.8 Å². The molecule has 3 aromatic rings. The van der Waals surface area contributed by atoms with E-state index in [0.717, 1.165) is 28.3 Å². The Labute approximate surface area is 150 Å². The summed E-state index contributed by atoms with van der Waals surface area (Å²) in [5.41, 5.74) is 3.64. The monoisotopic (exact) mass is 353 g/mol. The molecule has 5 nitrogen and oxygen atoms in total. The van der Waals surface area contributed by atoms with Crippen LogP contribution in [0.1, 0.15) is 12.5 Å². The molecule has 1 heterocycles. The van der Waals surface area contributed by atoms with Crippen molar-refractivity contribution in [1.29, 1.82) is 0 Å². The summed E-state index contributed by atoms with van der Waals surface area (Å²) < 4.78 is 5.44. The highest BCUT2D eigenvalue weighted by Crippen LogP contribution is 2.26. The Balaban J connectivity index is 1.64. The Hall–Kier alpha value is -2.86. The second-order valence-electron chi connectivity index (χ2n) is 5.44. The number of anilines is 2. The van der Waals surface area contributed by atoms with Crippen molar-refractivity contribution in [2.24, 2.45) is 0 Å². The summed E-state index contributed by atoms with van der Waals surface area (Å²) in [4.78, 5) is 16.5. The molecule has 0 aliphatic heterocycles. The quantitative estimate of drug-likeness (QED) is 0.666. The number of carbonyl (C=O) groups is 1. The summed E-state index contributed by atoms with van der Waals surface area (Å²) in [5.74, 6) is 0.831. The third-order valence-corrected chi connectivity index (χ3v) is 4.22. The number of aryl methyl sites for hydroxylation is 1. The molecule has 0 fully saturated rings. The molecule has 0 aliphatic carbocycles. The molecule has 25 heavy (non-hydrogen) atoms. The first-order valence-corrected chi connectivity index (χ1v) is 8.85. The van der Waals surface area contributed by atoms with Gasteiger partial charge in [0.2, 0.25) is 0 Å². The van der Waals surface area contributed by atoms with Crippen LogP contribution < -0.4 is 15.4 Å². The van der Waals surface area contributed by atoms with Gasteiger partial charge in [0.05, 0.1) is 12.3 Å². The number of urea groups is 1. The van der Waals surface area contributed by atoms with Gasteiger partial charge < -0.3 is 10.1 Å². The maximum Gasteiger partial charge on any atom is 0.325 e. The van der Waals surface area contributed by atoms with Crippen LogP contribution in [0.3, 0.4) is 0 Å². The molecule has 0 aliphatic rings. The van der Waals surface area contributed by atoms with Crippen molar-refractivity contribution >= 4 is 28.2 Å². The van der Waals surface area contributed by atoms with E-state index < -0.39 is 0 Å². The zero-order chi connectivity index (χ0) is 17.6. The zero-order valence-corrected chi connectivity index (χ0v) is 14.9. The predicted molar refractivity (Wildman–Crippen MR) is 103 cm³/mol. The average molecular weight is 353 g/mol. The van der Waals surface area contributed by atoms with Crippen LogP contribution in [0.25, 0.3) is 11.3 Å². The largest absolute Gasteiger partial charge is 0.494 e. The first kappa shape index (κ1) is 17.0. The minimum Gasteiger partial charge on any atom is -0.494 e. The summed E-state index contributed by atoms with van der Waals surface area (Å²) in [6.07, 6.45) is 0. The zero-order valence-electron chi connectivity index (χ0n) is 14.1. The second kappa shape index (κ2) is 7.81. The molecule has 6 heteroatoms. The van der Waals surface area contributed by atoms with Gasteiger partial charge in [0.15, 0.2) is 5.13 Å². The number of nitrogens with zero attached hydrogens (tertiary/aromatic N) is 1. The molecule has 1 aromatic heterocycles. The maximum atomic E-state index is 12.1. The van der Waals surface area contributed by atoms with Crippen LogP contribution in [-0.4, -0.2) is 17.6 Å². The average Bonchev–Trinajstić information content (AvgIpc) is 3.04. The maximum absolute atomic E-state index is 12.1. The number of hydrogen-bond donors (Lipinski definition) is 2. The lowest BCUT2D eigenvalue weighted by atomic mass is 10.2. The van der Waals surface area contributed by atoms with E-state index >= 15 is 0 Å². The number of hydrogen-bond acceptors (Lipinski definition) is 4. The van der Waals surface area contributed by atoms with E-state index in [4.69, 9.17) is 4.74 Å². The summed E-state index contributed by atoms with van der Waals surface area (Å²) in [7, 11) is 0. The van der Waals surface area contributed by atoms with E-state index in [1.54, 1.807) is 0 Å². The molecule has 2 aromatic carbocycles. The molecule has 0 bridgehead atoms. The molecule has 3 rings (SSSR count). The SMILES string of the molecule is CCOc1ccc(-c2csc(NC(=O)Nc3cccc(C)c3)n2)cc1. The number of carbonyl (C=O) groups excluding carboxylic acids is 1. The molecule has 0 atom stereocenters. The number of amides is 2. The van der Waals surface area contributed by atoms with Gasteiger partial charge in [-0.05, 0) is 55.8 Å². The van der Waals surface area contributed by atoms with Crippen LogP contribution in [-0.2, 0) is 0 Å². The third-order valence-electron chi connectivity index (χ3n) is 3.46. The van der Waals surface area contributed by atoms with Crippen molar-refractivity contribution in [1.82, 2.24) is 4.98 Å². The minimum absolute atomic E-state index is 0.307. The Morgan fingerprint density at radius 2 is 1.96 bits per heavy atom. The van der Waals surface area contributed by atoms with Crippen molar-refractivity contribution in [3.05, 3.63) is 59.5 Å². The number of aromatic nitrogens is 1. The van der Waals surface area contributed by atoms with Crippen LogP contribution in [0.15, 0.2) is 53.9 Å². The second-order valence-corrected chi connectivity index (χ2v) is 6.30. The van der Waals surface area contributed by atoms with Crippen LogP contribution in [0, 0.1) is 6.92 Å². The number of ether oxygens (including phenoxy) is 1. The number of thiazole rings is 1. The smallest absolute Gasteiger partial charge is 0.325 e. The fraction of sp³-hybridized carbons (Fsp3) is 0.158. The number of benzene rings is 2. The highest BCUT2D eigenvalue weighted by molar-refractivity contribution is 7.14. The van der Waals surface area contributed by atoms with Gasteiger partial charge in [-0.3, -0.25) is 5.32 Å². The first-order valence-electron chi connectivity index (χ1n) is 7.97. The highest BCUT2D eigenvalue weighted by Gasteiger charge is 2.08. The van der Waals surface area contributed by atoms with Crippen LogP contribution in [0.5, 0.6) is 5.75 Å². The molecule has 0 spiro atoms. The number of rotatable bonds is 5. The van der Waals surface area contributed by atoms with Gasteiger partial charge in [0, 0.05) is 16.6 Å². The lowest BCUT2D eigenvalue weighted by Gasteiger charge is -2.06. The van der Waals surface area contributed by atoms with Crippen molar-refractivity contribution in [3.63, 3.8) is 0 Å². The highest BCUT2D eigenvalue weighted by atomic mass is 32.1. The van der Waals surface area contributed by atoms with Gasteiger partial charge in [-0.1, -0.05) is 12.1 Å². The van der Waals surface area contributed by atoms with Crippen molar-refractivity contribution in [3.8, 4) is 17.0 Å². The summed E-state index contributed by atoms with van der Waals surface area (Å²) in [6.45, 7) is 4.57. The van der Waals surface area contributed by atoms with Gasteiger partial charge >= 0.3 is 6.03 Å². The summed E-state index contributed by atoms with van der Waals surface area (Å²) in [5, 5.41) is 8.03. The Morgan fingerprint density at radius 1 is 1.16 bits per heavy atom. The Morgan fingerprint density at radius 3 is 2.68 bits per heavy atom. The molecule has 0 saturated carbocycles. The van der Waals surface area contributed by atoms with Gasteiger partial charge in [-0.25, -0.2) is 9.78 Å². The van der Waals surface area contributed by atoms with Gasteiger partial charge in [-0.15, -0.1) is 11.3 Å². The molecule has 0 unspecified atom stereocenters. The predicted octanol–water partition coefficient (Wildman–Crippen LogP) is 5.16. The Bertz CT molecular complexity index is 859. The van der Waals surface area contributed by atoms with E-state index in [0.29, 0.717) is 11.7 Å². The third kappa shape index (κ3) is 4.58. The molecule has 0 radical (unpaired) electrons. The van der Waals surface area contributed by atoms with Crippen LogP contribution in [0.4, 0.5) is 15.6 Å². The summed E-state index contributed by atoms with van der Waals surface area (Å²) >= 11 is 1.39. The van der Waals surface area contributed by atoms with Gasteiger partial charge in [0.25, 0.3) is 0 Å². The molecular weight excluding hydrogens is 334 g/mol.